The molecule has 0 amide bonds. The van der Waals surface area contributed by atoms with Crippen LogP contribution in [0.1, 0.15) is 5.56 Å². The summed E-state index contributed by atoms with van der Waals surface area (Å²) in [6.45, 7) is 5.48. The van der Waals surface area contributed by atoms with Crippen LogP contribution in [0.4, 0.5) is 0 Å². The smallest absolute Gasteiger partial charge is 0.0661 e. The van der Waals surface area contributed by atoms with Gasteiger partial charge in [0.2, 0.25) is 0 Å². The van der Waals surface area contributed by atoms with E-state index >= 15 is 0 Å². The first kappa shape index (κ1) is 12.0. The first-order valence-corrected chi connectivity index (χ1v) is 6.78. The number of aromatic nitrogens is 1. The highest BCUT2D eigenvalue weighted by Crippen LogP contribution is 2.26. The van der Waals surface area contributed by atoms with E-state index in [1.165, 1.54) is 11.1 Å². The Morgan fingerprint density at radius 2 is 2.06 bits per heavy atom. The van der Waals surface area contributed by atoms with Gasteiger partial charge in [-0.3, -0.25) is 4.90 Å². The Bertz CT molecular complexity index is 555. The monoisotopic (exact) mass is 263 g/mol. The Labute approximate surface area is 112 Å². The normalized spacial score (nSPS) is 17.4. The zero-order chi connectivity index (χ0) is 12.5. The fourth-order valence-electron chi connectivity index (χ4n) is 2.61. The Kier molecular flexibility index (Phi) is 3.29. The standard InChI is InChI=1S/C14H18ClN3/c1-17-10-13(15)12-3-2-11(8-14(12)17)9-18-6-4-16-5-7-18/h2-3,8,10,16H,4-7,9H2,1H3. The third-order valence-corrected chi connectivity index (χ3v) is 3.92. The highest BCUT2D eigenvalue weighted by Gasteiger charge is 2.11. The van der Waals surface area contributed by atoms with Crippen LogP contribution in [0, 0.1) is 0 Å². The van der Waals surface area contributed by atoms with Crippen LogP contribution in [0.2, 0.25) is 5.02 Å². The zero-order valence-electron chi connectivity index (χ0n) is 10.6. The molecule has 18 heavy (non-hydrogen) atoms. The van der Waals surface area contributed by atoms with Gasteiger partial charge in [0, 0.05) is 56.9 Å². The van der Waals surface area contributed by atoms with Gasteiger partial charge in [0.05, 0.1) is 5.02 Å². The molecule has 0 spiro atoms. The molecule has 0 aliphatic carbocycles. The molecule has 0 radical (unpaired) electrons. The van der Waals surface area contributed by atoms with Crippen LogP contribution >= 0.6 is 11.6 Å². The molecular formula is C14H18ClN3. The number of nitrogens with zero attached hydrogens (tertiary/aromatic N) is 2. The maximum atomic E-state index is 6.18. The van der Waals surface area contributed by atoms with E-state index in [1.807, 2.05) is 13.2 Å². The summed E-state index contributed by atoms with van der Waals surface area (Å²) >= 11 is 6.18. The van der Waals surface area contributed by atoms with E-state index in [4.69, 9.17) is 11.6 Å². The highest BCUT2D eigenvalue weighted by atomic mass is 35.5. The van der Waals surface area contributed by atoms with Crippen molar-refractivity contribution in [2.24, 2.45) is 7.05 Å². The maximum absolute atomic E-state index is 6.18. The minimum Gasteiger partial charge on any atom is -0.349 e. The van der Waals surface area contributed by atoms with Gasteiger partial charge in [0.15, 0.2) is 0 Å². The lowest BCUT2D eigenvalue weighted by Gasteiger charge is -2.27. The van der Waals surface area contributed by atoms with Crippen LogP contribution in [-0.4, -0.2) is 35.6 Å². The van der Waals surface area contributed by atoms with E-state index in [2.05, 4.69) is 33.0 Å². The van der Waals surface area contributed by atoms with Gasteiger partial charge in [0.25, 0.3) is 0 Å². The number of halogens is 1. The summed E-state index contributed by atoms with van der Waals surface area (Å²) in [6, 6.07) is 6.58. The molecule has 1 saturated heterocycles. The number of aryl methyl sites for hydroxylation is 1. The molecule has 1 fully saturated rings. The van der Waals surface area contributed by atoms with Crippen molar-refractivity contribution in [1.29, 1.82) is 0 Å². The zero-order valence-corrected chi connectivity index (χ0v) is 11.4. The summed E-state index contributed by atoms with van der Waals surface area (Å²) in [5.74, 6) is 0. The van der Waals surface area contributed by atoms with E-state index in [9.17, 15) is 0 Å². The van der Waals surface area contributed by atoms with Crippen LogP contribution in [0.5, 0.6) is 0 Å². The topological polar surface area (TPSA) is 20.2 Å². The van der Waals surface area contributed by atoms with Crippen molar-refractivity contribution in [3.05, 3.63) is 35.0 Å². The van der Waals surface area contributed by atoms with E-state index < -0.39 is 0 Å². The van der Waals surface area contributed by atoms with Crippen LogP contribution in [0.25, 0.3) is 10.9 Å². The minimum absolute atomic E-state index is 0.834. The quantitative estimate of drug-likeness (QED) is 0.897. The highest BCUT2D eigenvalue weighted by molar-refractivity contribution is 6.35. The van der Waals surface area contributed by atoms with Gasteiger partial charge in [-0.15, -0.1) is 0 Å². The number of benzene rings is 1. The van der Waals surface area contributed by atoms with Crippen LogP contribution < -0.4 is 5.32 Å². The van der Waals surface area contributed by atoms with Crippen molar-refractivity contribution in [3.63, 3.8) is 0 Å². The van der Waals surface area contributed by atoms with E-state index in [0.717, 1.165) is 43.1 Å². The average Bonchev–Trinajstić information content (AvgIpc) is 2.66. The van der Waals surface area contributed by atoms with E-state index in [-0.39, 0.29) is 0 Å². The van der Waals surface area contributed by atoms with Crippen molar-refractivity contribution in [3.8, 4) is 0 Å². The summed E-state index contributed by atoms with van der Waals surface area (Å²) in [6.07, 6.45) is 1.97. The number of fused-ring (bicyclic) bond motifs is 1. The second-order valence-corrected chi connectivity index (χ2v) is 5.37. The van der Waals surface area contributed by atoms with E-state index in [0.29, 0.717) is 0 Å². The van der Waals surface area contributed by atoms with Crippen LogP contribution in [-0.2, 0) is 13.6 Å². The Hall–Kier alpha value is -1.03. The molecule has 3 nitrogen and oxygen atoms in total. The fourth-order valence-corrected chi connectivity index (χ4v) is 2.91. The lowest BCUT2D eigenvalue weighted by Crippen LogP contribution is -2.42. The number of hydrogen-bond acceptors (Lipinski definition) is 2. The first-order chi connectivity index (χ1) is 8.74. The number of nitrogens with one attached hydrogen (secondary N) is 1. The maximum Gasteiger partial charge on any atom is 0.0661 e. The molecule has 1 aliphatic rings. The van der Waals surface area contributed by atoms with Crippen molar-refractivity contribution >= 4 is 22.5 Å². The third-order valence-electron chi connectivity index (χ3n) is 3.62. The molecule has 3 rings (SSSR count). The second kappa shape index (κ2) is 4.92. The minimum atomic E-state index is 0.834. The van der Waals surface area contributed by atoms with E-state index in [1.54, 1.807) is 0 Å². The Morgan fingerprint density at radius 1 is 1.28 bits per heavy atom. The molecule has 2 aromatic rings. The molecule has 96 valence electrons. The second-order valence-electron chi connectivity index (χ2n) is 4.97. The molecule has 1 aromatic heterocycles. The van der Waals surface area contributed by atoms with Crippen LogP contribution in [0.3, 0.4) is 0 Å². The largest absolute Gasteiger partial charge is 0.349 e. The number of hydrogen-bond donors (Lipinski definition) is 1. The Balaban J connectivity index is 1.86. The SMILES string of the molecule is Cn1cc(Cl)c2ccc(CN3CCNCC3)cc21. The summed E-state index contributed by atoms with van der Waals surface area (Å²) in [5.41, 5.74) is 2.58. The van der Waals surface area contributed by atoms with Gasteiger partial charge in [0.1, 0.15) is 0 Å². The van der Waals surface area contributed by atoms with Crippen molar-refractivity contribution in [2.45, 2.75) is 6.54 Å². The van der Waals surface area contributed by atoms with Gasteiger partial charge in [-0.05, 0) is 11.6 Å². The first-order valence-electron chi connectivity index (χ1n) is 6.40. The molecule has 1 aromatic carbocycles. The fraction of sp³-hybridized carbons (Fsp3) is 0.429. The average molecular weight is 264 g/mol. The molecule has 0 atom stereocenters. The lowest BCUT2D eigenvalue weighted by molar-refractivity contribution is 0.233. The van der Waals surface area contributed by atoms with Gasteiger partial charge in [-0.1, -0.05) is 23.7 Å². The predicted octanol–water partition coefficient (Wildman–Crippen LogP) is 2.24. The van der Waals surface area contributed by atoms with Gasteiger partial charge < -0.3 is 9.88 Å². The van der Waals surface area contributed by atoms with Gasteiger partial charge >= 0.3 is 0 Å². The molecule has 0 unspecified atom stereocenters. The summed E-state index contributed by atoms with van der Waals surface area (Å²) < 4.78 is 2.10. The third kappa shape index (κ3) is 2.26. The van der Waals surface area contributed by atoms with Gasteiger partial charge in [-0.25, -0.2) is 0 Å². The molecular weight excluding hydrogens is 246 g/mol. The molecule has 2 heterocycles. The number of piperazine rings is 1. The van der Waals surface area contributed by atoms with Crippen LogP contribution in [0.15, 0.2) is 24.4 Å². The lowest BCUT2D eigenvalue weighted by atomic mass is 10.1. The summed E-state index contributed by atoms with van der Waals surface area (Å²) in [7, 11) is 2.04. The molecule has 1 aliphatic heterocycles. The number of rotatable bonds is 2. The molecule has 4 heteroatoms. The Morgan fingerprint density at radius 3 is 2.83 bits per heavy atom. The molecule has 0 saturated carbocycles. The summed E-state index contributed by atoms with van der Waals surface area (Å²) in [5, 5.41) is 5.36. The summed E-state index contributed by atoms with van der Waals surface area (Å²) in [4.78, 5) is 2.49. The molecule has 1 N–H and O–H groups in total. The van der Waals surface area contributed by atoms with Gasteiger partial charge in [-0.2, -0.15) is 0 Å². The van der Waals surface area contributed by atoms with Crippen molar-refractivity contribution in [2.75, 3.05) is 26.2 Å². The predicted molar refractivity (Wildman–Crippen MR) is 76.1 cm³/mol. The molecule has 0 bridgehead atoms. The van der Waals surface area contributed by atoms with Crippen molar-refractivity contribution in [1.82, 2.24) is 14.8 Å². The van der Waals surface area contributed by atoms with Crippen molar-refractivity contribution < 1.29 is 0 Å².